The van der Waals surface area contributed by atoms with E-state index < -0.39 is 90.3 Å². The fourth-order valence-electron chi connectivity index (χ4n) is 6.27. The molecule has 0 heterocycles. The maximum atomic E-state index is 14.0. The van der Waals surface area contributed by atoms with Crippen molar-refractivity contribution >= 4 is 41.4 Å². The Balaban J connectivity index is 3.18. The van der Waals surface area contributed by atoms with Gasteiger partial charge in [-0.15, -0.1) is 0 Å². The monoisotopic (exact) mass is 848 g/mol. The second-order valence-electron chi connectivity index (χ2n) is 15.7. The van der Waals surface area contributed by atoms with E-state index in [9.17, 15) is 44.1 Å². The fraction of sp³-hybridized carbons (Fsp3) is 0.690. The number of aliphatic hydroxyl groups excluding tert-OH is 3. The lowest BCUT2D eigenvalue weighted by molar-refractivity contribution is -0.136. The van der Waals surface area contributed by atoms with Gasteiger partial charge in [-0.3, -0.25) is 34.2 Å². The summed E-state index contributed by atoms with van der Waals surface area (Å²) in [6.07, 6.45) is 8.75. The quantitative estimate of drug-likeness (QED) is 0.0275. The molecule has 18 nitrogen and oxygen atoms in total. The Kier molecular flexibility index (Phi) is 26.8. The zero-order valence-electron chi connectivity index (χ0n) is 36.2. The maximum absolute atomic E-state index is 14.0. The van der Waals surface area contributed by atoms with Crippen molar-refractivity contribution in [1.29, 1.82) is 5.41 Å². The molecule has 1 aromatic rings. The van der Waals surface area contributed by atoms with Crippen LogP contribution in [0.15, 0.2) is 30.3 Å². The lowest BCUT2D eigenvalue weighted by atomic mass is 9.99. The summed E-state index contributed by atoms with van der Waals surface area (Å²) in [5.41, 5.74) is 6.05. The van der Waals surface area contributed by atoms with Crippen molar-refractivity contribution < 1.29 is 44.1 Å². The number of aliphatic hydroxyl groups is 3. The molecule has 18 heteroatoms. The topological polar surface area (TPSA) is 297 Å². The second-order valence-corrected chi connectivity index (χ2v) is 15.7. The third-order valence-electron chi connectivity index (χ3n) is 9.85. The Labute approximate surface area is 355 Å². The number of rotatable bonds is 31. The van der Waals surface area contributed by atoms with Gasteiger partial charge in [-0.25, -0.2) is 0 Å². The first-order chi connectivity index (χ1) is 28.5. The molecule has 0 aromatic heterocycles. The first kappa shape index (κ1) is 53.2. The minimum absolute atomic E-state index is 0.00702. The van der Waals surface area contributed by atoms with E-state index >= 15 is 0 Å². The fourth-order valence-corrected chi connectivity index (χ4v) is 6.27. The predicted octanol–water partition coefficient (Wildman–Crippen LogP) is 0.363. The number of hydrogen-bond acceptors (Lipinski definition) is 10. The number of carbonyl (C=O) groups is 6. The molecule has 0 aliphatic carbocycles. The molecule has 0 bridgehead atoms. The minimum Gasteiger partial charge on any atom is -0.394 e. The molecule has 0 unspecified atom stereocenters. The van der Waals surface area contributed by atoms with Gasteiger partial charge in [0.15, 0.2) is 5.96 Å². The highest BCUT2D eigenvalue weighted by molar-refractivity contribution is 5.96. The highest BCUT2D eigenvalue weighted by Gasteiger charge is 2.34. The van der Waals surface area contributed by atoms with Crippen LogP contribution >= 0.6 is 0 Å². The van der Waals surface area contributed by atoms with E-state index in [1.54, 1.807) is 44.2 Å². The van der Waals surface area contributed by atoms with Gasteiger partial charge in [0, 0.05) is 25.4 Å². The van der Waals surface area contributed by atoms with Gasteiger partial charge in [0.1, 0.15) is 30.2 Å². The van der Waals surface area contributed by atoms with Crippen LogP contribution in [-0.2, 0) is 35.2 Å². The van der Waals surface area contributed by atoms with Gasteiger partial charge >= 0.3 is 0 Å². The van der Waals surface area contributed by atoms with Gasteiger partial charge in [-0.1, -0.05) is 102 Å². The van der Waals surface area contributed by atoms with Crippen LogP contribution < -0.4 is 43.0 Å². The molecule has 0 radical (unpaired) electrons. The van der Waals surface area contributed by atoms with E-state index in [0.717, 1.165) is 25.7 Å². The van der Waals surface area contributed by atoms with Crippen molar-refractivity contribution in [3.05, 3.63) is 35.9 Å². The molecule has 13 N–H and O–H groups in total. The van der Waals surface area contributed by atoms with Crippen LogP contribution in [0.3, 0.4) is 0 Å². The Morgan fingerprint density at radius 3 is 1.72 bits per heavy atom. The van der Waals surface area contributed by atoms with Crippen LogP contribution in [0.4, 0.5) is 0 Å². The number of benzene rings is 1. The standard InChI is InChI=1S/C42H73N9O9/c1-6-7-8-9-10-11-12-13-17-22-34(55)50-36(29(5)54)41(60)51-35(27(2)3)40(59)48-32(24-30-19-15-14-16-20-30)38(57)47-31(21-18-23-45-42(43)44)37(56)49-33(26-53)39(58)46-28(4)25-52/h14-16,19-20,27-29,31-33,35-36,52-54H,6-13,17-18,21-26H2,1-5H3,(H,46,58)(H,47,57)(H,48,59)(H,49,56)(H,50,55)(H,51,60)(H4,43,44,45)/t28-,29-,31+,32+,33+,35+,36+/m1/s1. The van der Waals surface area contributed by atoms with Crippen LogP contribution in [0, 0.1) is 11.3 Å². The second kappa shape index (κ2) is 30.3. The molecule has 0 aliphatic heterocycles. The Morgan fingerprint density at radius 2 is 1.17 bits per heavy atom. The average Bonchev–Trinajstić information content (AvgIpc) is 3.20. The van der Waals surface area contributed by atoms with Gasteiger partial charge in [0.25, 0.3) is 0 Å². The molecule has 340 valence electrons. The van der Waals surface area contributed by atoms with Crippen LogP contribution in [-0.4, -0.2) is 119 Å². The summed E-state index contributed by atoms with van der Waals surface area (Å²) < 4.78 is 0. The molecular weight excluding hydrogens is 775 g/mol. The molecule has 0 fully saturated rings. The summed E-state index contributed by atoms with van der Waals surface area (Å²) in [7, 11) is 0. The van der Waals surface area contributed by atoms with E-state index in [1.807, 2.05) is 0 Å². The summed E-state index contributed by atoms with van der Waals surface area (Å²) >= 11 is 0. The first-order valence-corrected chi connectivity index (χ1v) is 21.4. The van der Waals surface area contributed by atoms with Gasteiger partial charge in [0.05, 0.1) is 19.3 Å². The predicted molar refractivity (Wildman–Crippen MR) is 229 cm³/mol. The molecule has 1 aromatic carbocycles. The van der Waals surface area contributed by atoms with Crippen LogP contribution in [0.25, 0.3) is 0 Å². The van der Waals surface area contributed by atoms with E-state index in [4.69, 9.17) is 11.1 Å². The van der Waals surface area contributed by atoms with E-state index in [-0.39, 0.29) is 44.8 Å². The summed E-state index contributed by atoms with van der Waals surface area (Å²) in [5.74, 6) is -5.08. The maximum Gasteiger partial charge on any atom is 0.245 e. The van der Waals surface area contributed by atoms with Crippen LogP contribution in [0.1, 0.15) is 117 Å². The molecule has 0 saturated carbocycles. The molecule has 6 amide bonds. The lowest BCUT2D eigenvalue weighted by Gasteiger charge is -2.29. The molecule has 0 saturated heterocycles. The number of guanidine groups is 1. The van der Waals surface area contributed by atoms with E-state index in [0.29, 0.717) is 12.0 Å². The largest absolute Gasteiger partial charge is 0.394 e. The van der Waals surface area contributed by atoms with Crippen molar-refractivity contribution in [1.82, 2.24) is 37.2 Å². The number of nitrogens with two attached hydrogens (primary N) is 1. The third-order valence-corrected chi connectivity index (χ3v) is 9.85. The molecule has 7 atom stereocenters. The van der Waals surface area contributed by atoms with Gasteiger partial charge in [-0.2, -0.15) is 0 Å². The molecule has 0 spiro atoms. The number of amides is 6. The summed E-state index contributed by atoms with van der Waals surface area (Å²) in [5, 5.41) is 55.2. The van der Waals surface area contributed by atoms with Crippen molar-refractivity contribution in [2.75, 3.05) is 19.8 Å². The van der Waals surface area contributed by atoms with Gasteiger partial charge < -0.3 is 58.3 Å². The number of nitrogens with one attached hydrogen (secondary N) is 8. The summed E-state index contributed by atoms with van der Waals surface area (Å²) in [6.45, 7) is 7.43. The average molecular weight is 848 g/mol. The zero-order valence-corrected chi connectivity index (χ0v) is 36.2. The van der Waals surface area contributed by atoms with E-state index in [1.165, 1.54) is 39.5 Å². The highest BCUT2D eigenvalue weighted by atomic mass is 16.3. The van der Waals surface area contributed by atoms with Crippen molar-refractivity contribution in [2.24, 2.45) is 11.7 Å². The Morgan fingerprint density at radius 1 is 0.633 bits per heavy atom. The third kappa shape index (κ3) is 22.0. The molecule has 0 aliphatic rings. The number of hydrogen-bond donors (Lipinski definition) is 12. The highest BCUT2D eigenvalue weighted by Crippen LogP contribution is 2.12. The van der Waals surface area contributed by atoms with Crippen LogP contribution in [0.2, 0.25) is 0 Å². The van der Waals surface area contributed by atoms with Crippen molar-refractivity contribution in [3.8, 4) is 0 Å². The first-order valence-electron chi connectivity index (χ1n) is 21.4. The SMILES string of the molecule is CCCCCCCCCCCC(=O)N[C@H](C(=O)N[C@H](C(=O)N[C@@H](Cc1ccccc1)C(=O)N[C@@H](CCCNC(=N)N)C(=O)N[C@@H](CO)C(=O)N[C@H](C)CO)C(C)C)[C@@H](C)O. The van der Waals surface area contributed by atoms with Crippen molar-refractivity contribution in [3.63, 3.8) is 0 Å². The summed E-state index contributed by atoms with van der Waals surface area (Å²) in [4.78, 5) is 80.6. The Bertz CT molecular complexity index is 1470. The van der Waals surface area contributed by atoms with Crippen molar-refractivity contribution in [2.45, 2.75) is 160 Å². The normalized spacial score (nSPS) is 14.6. The molecular formula is C42H73N9O9. The van der Waals surface area contributed by atoms with E-state index in [2.05, 4.69) is 44.1 Å². The minimum atomic E-state index is -1.42. The smallest absolute Gasteiger partial charge is 0.245 e. The Hall–Kier alpha value is -4.81. The molecule has 60 heavy (non-hydrogen) atoms. The summed E-state index contributed by atoms with van der Waals surface area (Å²) in [6, 6.07) is 1.56. The van der Waals surface area contributed by atoms with Crippen LogP contribution in [0.5, 0.6) is 0 Å². The number of unbranched alkanes of at least 4 members (excludes halogenated alkanes) is 8. The van der Waals surface area contributed by atoms with Gasteiger partial charge in [0.2, 0.25) is 35.4 Å². The van der Waals surface area contributed by atoms with Gasteiger partial charge in [-0.05, 0) is 44.6 Å². The lowest BCUT2D eigenvalue weighted by Crippen LogP contribution is -2.61. The molecule has 1 rings (SSSR count). The number of carbonyl (C=O) groups excluding carboxylic acids is 6. The zero-order chi connectivity index (χ0) is 45.0.